The lowest BCUT2D eigenvalue weighted by atomic mass is 9.98. The molecule has 2 rings (SSSR count). The topological polar surface area (TPSA) is 67.3 Å². The number of carbonyl (C=O) groups excluding carboxylic acids is 1. The Hall–Kier alpha value is -1.40. The predicted octanol–water partition coefficient (Wildman–Crippen LogP) is 2.87. The van der Waals surface area contributed by atoms with Crippen molar-refractivity contribution in [1.29, 1.82) is 0 Å². The zero-order valence-corrected chi connectivity index (χ0v) is 14.8. The zero-order valence-electron chi connectivity index (χ0n) is 14.0. The molecule has 0 spiro atoms. The van der Waals surface area contributed by atoms with Crippen molar-refractivity contribution in [2.45, 2.75) is 45.8 Å². The van der Waals surface area contributed by atoms with Crippen LogP contribution in [0.5, 0.6) is 0 Å². The van der Waals surface area contributed by atoms with Crippen LogP contribution < -0.4 is 5.32 Å². The van der Waals surface area contributed by atoms with Gasteiger partial charge in [0.2, 0.25) is 5.28 Å². The predicted molar refractivity (Wildman–Crippen MR) is 89.3 cm³/mol. The average molecular weight is 341 g/mol. The Balaban J connectivity index is 1.76. The molecule has 1 aliphatic rings. The monoisotopic (exact) mass is 340 g/mol. The molecule has 0 saturated carbocycles. The van der Waals surface area contributed by atoms with Gasteiger partial charge in [-0.1, -0.05) is 0 Å². The zero-order chi connectivity index (χ0) is 16.9. The molecule has 1 atom stereocenters. The lowest BCUT2D eigenvalue weighted by Crippen LogP contribution is -2.45. The van der Waals surface area contributed by atoms with E-state index in [-0.39, 0.29) is 11.4 Å². The smallest absolute Gasteiger partial charge is 0.410 e. The van der Waals surface area contributed by atoms with Gasteiger partial charge in [-0.2, -0.15) is 0 Å². The van der Waals surface area contributed by atoms with Crippen LogP contribution in [0.3, 0.4) is 0 Å². The lowest BCUT2D eigenvalue weighted by molar-refractivity contribution is 0.0166. The number of ether oxygens (including phenoxy) is 1. The van der Waals surface area contributed by atoms with Gasteiger partial charge in [0.1, 0.15) is 5.60 Å². The van der Waals surface area contributed by atoms with E-state index in [1.54, 1.807) is 6.20 Å². The van der Waals surface area contributed by atoms with Crippen LogP contribution in [0.4, 0.5) is 4.79 Å². The molecule has 1 N–H and O–H groups in total. The number of hydrogen-bond acceptors (Lipinski definition) is 5. The second-order valence-corrected chi connectivity index (χ2v) is 7.22. The summed E-state index contributed by atoms with van der Waals surface area (Å²) in [5.74, 6) is 0.425. The molecule has 0 radical (unpaired) electrons. The summed E-state index contributed by atoms with van der Waals surface area (Å²) in [5, 5.41) is 3.64. The number of amides is 1. The van der Waals surface area contributed by atoms with Gasteiger partial charge in [0.15, 0.2) is 0 Å². The van der Waals surface area contributed by atoms with E-state index in [1.165, 1.54) is 0 Å². The summed E-state index contributed by atoms with van der Waals surface area (Å²) in [6.45, 7) is 8.65. The molecule has 1 aromatic heterocycles. The fourth-order valence-corrected chi connectivity index (χ4v) is 2.76. The van der Waals surface area contributed by atoms with Crippen molar-refractivity contribution in [3.8, 4) is 0 Å². The van der Waals surface area contributed by atoms with Crippen LogP contribution in [0, 0.1) is 5.92 Å². The van der Waals surface area contributed by atoms with Gasteiger partial charge in [0.05, 0.1) is 5.69 Å². The van der Waals surface area contributed by atoms with Crippen molar-refractivity contribution < 1.29 is 9.53 Å². The summed E-state index contributed by atoms with van der Waals surface area (Å²) in [6.07, 6.45) is 3.55. The summed E-state index contributed by atoms with van der Waals surface area (Å²) < 4.78 is 5.45. The van der Waals surface area contributed by atoms with Crippen molar-refractivity contribution >= 4 is 17.7 Å². The molecule has 6 nitrogen and oxygen atoms in total. The van der Waals surface area contributed by atoms with Crippen molar-refractivity contribution in [1.82, 2.24) is 20.2 Å². The molecule has 1 saturated heterocycles. The minimum absolute atomic E-state index is 0.218. The summed E-state index contributed by atoms with van der Waals surface area (Å²) in [5.41, 5.74) is 0.416. The van der Waals surface area contributed by atoms with Gasteiger partial charge in [-0.25, -0.2) is 14.8 Å². The van der Waals surface area contributed by atoms with Crippen LogP contribution in [0.25, 0.3) is 0 Å². The number of carbonyl (C=O) groups is 1. The number of nitrogens with zero attached hydrogens (tertiary/aromatic N) is 3. The van der Waals surface area contributed by atoms with Crippen LogP contribution in [-0.2, 0) is 11.3 Å². The highest BCUT2D eigenvalue weighted by Gasteiger charge is 2.27. The molecule has 0 unspecified atom stereocenters. The number of nitrogens with one attached hydrogen (secondary N) is 1. The second kappa shape index (κ2) is 7.93. The van der Waals surface area contributed by atoms with Gasteiger partial charge in [-0.05, 0) is 57.2 Å². The quantitative estimate of drug-likeness (QED) is 0.854. The Morgan fingerprint density at radius 1 is 1.52 bits per heavy atom. The van der Waals surface area contributed by atoms with Gasteiger partial charge in [0, 0.05) is 32.4 Å². The first-order chi connectivity index (χ1) is 10.8. The summed E-state index contributed by atoms with van der Waals surface area (Å²) in [6, 6.07) is 1.84. The van der Waals surface area contributed by atoms with Crippen molar-refractivity contribution in [3.05, 3.63) is 23.2 Å². The third kappa shape index (κ3) is 6.31. The Kier molecular flexibility index (Phi) is 6.18. The molecule has 23 heavy (non-hydrogen) atoms. The minimum Gasteiger partial charge on any atom is -0.444 e. The standard InChI is InChI=1S/C16H25ClN4O2/c1-16(2,3)23-15(22)21-8-4-5-12(11-21)9-18-10-13-6-7-19-14(17)20-13/h6-7,12,18H,4-5,8-11H2,1-3H3/t12-/m1/s1. The van der Waals surface area contributed by atoms with Gasteiger partial charge in [0.25, 0.3) is 0 Å². The van der Waals surface area contributed by atoms with Gasteiger partial charge in [-0.15, -0.1) is 0 Å². The molecule has 7 heteroatoms. The van der Waals surface area contributed by atoms with Crippen molar-refractivity contribution in [2.75, 3.05) is 19.6 Å². The van der Waals surface area contributed by atoms with E-state index in [0.717, 1.165) is 38.2 Å². The normalized spacial score (nSPS) is 18.8. The maximum absolute atomic E-state index is 12.1. The van der Waals surface area contributed by atoms with E-state index in [0.29, 0.717) is 12.5 Å². The molecule has 1 aromatic rings. The van der Waals surface area contributed by atoms with Crippen LogP contribution in [0.2, 0.25) is 5.28 Å². The Morgan fingerprint density at radius 2 is 2.30 bits per heavy atom. The molecule has 2 heterocycles. The Labute approximate surface area is 142 Å². The van der Waals surface area contributed by atoms with Crippen LogP contribution >= 0.6 is 11.6 Å². The van der Waals surface area contributed by atoms with E-state index < -0.39 is 5.60 Å². The third-order valence-electron chi connectivity index (χ3n) is 3.59. The number of piperidine rings is 1. The molecule has 0 aliphatic carbocycles. The van der Waals surface area contributed by atoms with Crippen LogP contribution in [-0.4, -0.2) is 46.2 Å². The van der Waals surface area contributed by atoms with E-state index >= 15 is 0 Å². The number of halogens is 1. The molecule has 0 bridgehead atoms. The molecule has 128 valence electrons. The number of aromatic nitrogens is 2. The SMILES string of the molecule is CC(C)(C)OC(=O)N1CCC[C@H](CNCc2ccnc(Cl)n2)C1. The first-order valence-corrected chi connectivity index (χ1v) is 8.37. The molecule has 0 aromatic carbocycles. The average Bonchev–Trinajstić information content (AvgIpc) is 2.46. The fourth-order valence-electron chi connectivity index (χ4n) is 2.60. The highest BCUT2D eigenvalue weighted by molar-refractivity contribution is 6.28. The number of likely N-dealkylation sites (tertiary alicyclic amines) is 1. The van der Waals surface area contributed by atoms with Gasteiger partial charge >= 0.3 is 6.09 Å². The lowest BCUT2D eigenvalue weighted by Gasteiger charge is -2.34. The summed E-state index contributed by atoms with van der Waals surface area (Å²) in [7, 11) is 0. The maximum atomic E-state index is 12.1. The first-order valence-electron chi connectivity index (χ1n) is 7.99. The first kappa shape index (κ1) is 17.9. The Morgan fingerprint density at radius 3 is 3.00 bits per heavy atom. The van der Waals surface area contributed by atoms with Crippen LogP contribution in [0.1, 0.15) is 39.3 Å². The van der Waals surface area contributed by atoms with E-state index in [9.17, 15) is 4.79 Å². The minimum atomic E-state index is -0.450. The third-order valence-corrected chi connectivity index (χ3v) is 3.78. The molecule has 1 amide bonds. The highest BCUT2D eigenvalue weighted by atomic mass is 35.5. The molecular weight excluding hydrogens is 316 g/mol. The number of rotatable bonds is 4. The van der Waals surface area contributed by atoms with E-state index in [2.05, 4.69) is 15.3 Å². The highest BCUT2D eigenvalue weighted by Crippen LogP contribution is 2.19. The summed E-state index contributed by atoms with van der Waals surface area (Å²) in [4.78, 5) is 22.0. The molecular formula is C16H25ClN4O2. The van der Waals surface area contributed by atoms with Gasteiger partial charge in [-0.3, -0.25) is 0 Å². The summed E-state index contributed by atoms with van der Waals surface area (Å²) >= 11 is 5.77. The molecule has 1 aliphatic heterocycles. The van der Waals surface area contributed by atoms with E-state index in [4.69, 9.17) is 16.3 Å². The Bertz CT molecular complexity index is 533. The largest absolute Gasteiger partial charge is 0.444 e. The van der Waals surface area contributed by atoms with Crippen LogP contribution in [0.15, 0.2) is 12.3 Å². The molecule has 1 fully saturated rings. The fraction of sp³-hybridized carbons (Fsp3) is 0.688. The van der Waals surface area contributed by atoms with E-state index in [1.807, 2.05) is 31.7 Å². The van der Waals surface area contributed by atoms with Crippen molar-refractivity contribution in [2.24, 2.45) is 5.92 Å². The maximum Gasteiger partial charge on any atom is 0.410 e. The second-order valence-electron chi connectivity index (χ2n) is 6.88. The van der Waals surface area contributed by atoms with Crippen molar-refractivity contribution in [3.63, 3.8) is 0 Å². The van der Waals surface area contributed by atoms with Gasteiger partial charge < -0.3 is 15.0 Å². The number of hydrogen-bond donors (Lipinski definition) is 1.